The Balaban J connectivity index is 1.96. The zero-order valence-electron chi connectivity index (χ0n) is 14.5. The Hall–Kier alpha value is -2.33. The molecule has 0 aliphatic rings. The number of amides is 1. The van der Waals surface area contributed by atoms with E-state index < -0.39 is 0 Å². The Morgan fingerprint density at radius 3 is 2.42 bits per heavy atom. The van der Waals surface area contributed by atoms with Gasteiger partial charge in [-0.2, -0.15) is 0 Å². The maximum absolute atomic E-state index is 12.3. The summed E-state index contributed by atoms with van der Waals surface area (Å²) in [5.41, 5.74) is 2.91. The molecule has 2 aromatic carbocycles. The average molecular weight is 326 g/mol. The quantitative estimate of drug-likeness (QED) is 0.776. The van der Waals surface area contributed by atoms with Crippen LogP contribution in [0.25, 0.3) is 0 Å². The van der Waals surface area contributed by atoms with Crippen LogP contribution in [-0.2, 0) is 17.8 Å². The van der Waals surface area contributed by atoms with Gasteiger partial charge in [0.2, 0.25) is 5.91 Å². The van der Waals surface area contributed by atoms with Gasteiger partial charge in [0.15, 0.2) is 0 Å². The van der Waals surface area contributed by atoms with Crippen molar-refractivity contribution in [3.8, 4) is 5.75 Å². The molecule has 4 heteroatoms. The lowest BCUT2D eigenvalue weighted by molar-refractivity contribution is -0.117. The molecule has 0 saturated heterocycles. The van der Waals surface area contributed by atoms with E-state index in [1.807, 2.05) is 41.3 Å². The van der Waals surface area contributed by atoms with Gasteiger partial charge in [-0.3, -0.25) is 9.69 Å². The van der Waals surface area contributed by atoms with Crippen molar-refractivity contribution in [1.29, 1.82) is 0 Å². The molecule has 2 aromatic rings. The van der Waals surface area contributed by atoms with Crippen molar-refractivity contribution in [2.45, 2.75) is 33.2 Å². The molecule has 0 aliphatic heterocycles. The third-order valence-electron chi connectivity index (χ3n) is 3.94. The second-order valence-electron chi connectivity index (χ2n) is 5.94. The van der Waals surface area contributed by atoms with E-state index >= 15 is 0 Å². The van der Waals surface area contributed by atoms with Gasteiger partial charge < -0.3 is 10.4 Å². The van der Waals surface area contributed by atoms with Crippen molar-refractivity contribution >= 4 is 11.6 Å². The largest absolute Gasteiger partial charge is 0.508 e. The summed E-state index contributed by atoms with van der Waals surface area (Å²) < 4.78 is 0. The molecule has 24 heavy (non-hydrogen) atoms. The fraction of sp³-hybridized carbons (Fsp3) is 0.350. The van der Waals surface area contributed by atoms with Gasteiger partial charge in [0.05, 0.1) is 6.54 Å². The van der Waals surface area contributed by atoms with Crippen LogP contribution in [0.1, 0.15) is 31.4 Å². The molecule has 0 spiro atoms. The summed E-state index contributed by atoms with van der Waals surface area (Å²) in [6.45, 7) is 5.85. The first-order valence-corrected chi connectivity index (χ1v) is 8.50. The van der Waals surface area contributed by atoms with Crippen LogP contribution in [0.3, 0.4) is 0 Å². The highest BCUT2D eigenvalue weighted by Gasteiger charge is 2.12. The predicted octanol–water partition coefficient (Wildman–Crippen LogP) is 3.81. The number of anilines is 1. The van der Waals surface area contributed by atoms with Crippen molar-refractivity contribution in [2.24, 2.45) is 0 Å². The molecule has 0 fully saturated rings. The van der Waals surface area contributed by atoms with E-state index in [9.17, 15) is 9.90 Å². The maximum Gasteiger partial charge on any atom is 0.238 e. The van der Waals surface area contributed by atoms with Gasteiger partial charge in [-0.1, -0.05) is 44.2 Å². The molecular weight excluding hydrogens is 300 g/mol. The number of para-hydroxylation sites is 1. The van der Waals surface area contributed by atoms with Crippen molar-refractivity contribution in [2.75, 3.05) is 18.4 Å². The van der Waals surface area contributed by atoms with Gasteiger partial charge in [0.25, 0.3) is 0 Å². The molecule has 0 radical (unpaired) electrons. The number of hydrogen-bond acceptors (Lipinski definition) is 3. The first kappa shape index (κ1) is 18.0. The normalized spacial score (nSPS) is 10.8. The number of phenols is 1. The number of carbonyl (C=O) groups is 1. The minimum Gasteiger partial charge on any atom is -0.508 e. The van der Waals surface area contributed by atoms with Gasteiger partial charge in [0, 0.05) is 17.8 Å². The maximum atomic E-state index is 12.3. The summed E-state index contributed by atoms with van der Waals surface area (Å²) in [5, 5.41) is 12.9. The molecule has 0 aliphatic carbocycles. The number of aryl methyl sites for hydroxylation is 1. The molecule has 0 atom stereocenters. The summed E-state index contributed by atoms with van der Waals surface area (Å²) >= 11 is 0. The number of nitrogens with one attached hydrogen (secondary N) is 1. The van der Waals surface area contributed by atoms with Crippen molar-refractivity contribution in [3.63, 3.8) is 0 Å². The summed E-state index contributed by atoms with van der Waals surface area (Å²) in [7, 11) is 0. The van der Waals surface area contributed by atoms with E-state index in [-0.39, 0.29) is 11.7 Å². The monoisotopic (exact) mass is 326 g/mol. The number of aromatic hydroxyl groups is 1. The van der Waals surface area contributed by atoms with E-state index in [0.717, 1.165) is 30.6 Å². The minimum absolute atomic E-state index is 0.0388. The van der Waals surface area contributed by atoms with E-state index in [1.54, 1.807) is 12.1 Å². The minimum atomic E-state index is -0.0388. The number of rotatable bonds is 8. The van der Waals surface area contributed by atoms with Crippen LogP contribution < -0.4 is 5.32 Å². The number of phenolic OH excluding ortho intramolecular Hbond substituents is 1. The number of carbonyl (C=O) groups excluding carboxylic acids is 1. The van der Waals surface area contributed by atoms with E-state index in [1.165, 1.54) is 5.56 Å². The van der Waals surface area contributed by atoms with E-state index in [4.69, 9.17) is 0 Å². The lowest BCUT2D eigenvalue weighted by Crippen LogP contribution is -2.33. The van der Waals surface area contributed by atoms with Gasteiger partial charge >= 0.3 is 0 Å². The predicted molar refractivity (Wildman–Crippen MR) is 98.1 cm³/mol. The molecule has 2 N–H and O–H groups in total. The Morgan fingerprint density at radius 1 is 1.08 bits per heavy atom. The Morgan fingerprint density at radius 2 is 1.79 bits per heavy atom. The first-order chi connectivity index (χ1) is 11.6. The summed E-state index contributed by atoms with van der Waals surface area (Å²) in [6, 6.07) is 15.2. The van der Waals surface area contributed by atoms with Gasteiger partial charge in [0.1, 0.15) is 5.75 Å². The zero-order valence-corrected chi connectivity index (χ0v) is 14.5. The Labute approximate surface area is 144 Å². The summed E-state index contributed by atoms with van der Waals surface area (Å²) in [4.78, 5) is 14.4. The molecule has 0 unspecified atom stereocenters. The van der Waals surface area contributed by atoms with Gasteiger partial charge in [-0.25, -0.2) is 0 Å². The topological polar surface area (TPSA) is 52.6 Å². The smallest absolute Gasteiger partial charge is 0.238 e. The van der Waals surface area contributed by atoms with Crippen LogP contribution in [0, 0.1) is 0 Å². The van der Waals surface area contributed by atoms with Crippen LogP contribution >= 0.6 is 0 Å². The van der Waals surface area contributed by atoms with E-state index in [2.05, 4.69) is 19.2 Å². The second kappa shape index (κ2) is 9.08. The SMILES string of the molecule is CCCN(CC(=O)Nc1ccc(CC)cc1)Cc1ccccc1O. The number of benzene rings is 2. The van der Waals surface area contributed by atoms with Gasteiger partial charge in [-0.05, 0) is 43.1 Å². The van der Waals surface area contributed by atoms with Crippen LogP contribution in [0.2, 0.25) is 0 Å². The Bertz CT molecular complexity index is 653. The standard InChI is InChI=1S/C20H26N2O2/c1-3-13-22(14-17-7-5-6-8-19(17)23)15-20(24)21-18-11-9-16(4-2)10-12-18/h5-12,23H,3-4,13-15H2,1-2H3,(H,21,24). The van der Waals surface area contributed by atoms with Gasteiger partial charge in [-0.15, -0.1) is 0 Å². The average Bonchev–Trinajstić information content (AvgIpc) is 2.58. The molecule has 128 valence electrons. The fourth-order valence-corrected chi connectivity index (χ4v) is 2.64. The molecule has 0 heterocycles. The molecule has 1 amide bonds. The van der Waals surface area contributed by atoms with Crippen molar-refractivity contribution < 1.29 is 9.90 Å². The third-order valence-corrected chi connectivity index (χ3v) is 3.94. The third kappa shape index (κ3) is 5.39. The highest BCUT2D eigenvalue weighted by atomic mass is 16.3. The summed E-state index contributed by atoms with van der Waals surface area (Å²) in [5.74, 6) is 0.234. The van der Waals surface area contributed by atoms with Crippen LogP contribution in [0.15, 0.2) is 48.5 Å². The van der Waals surface area contributed by atoms with Crippen molar-refractivity contribution in [3.05, 3.63) is 59.7 Å². The molecule has 4 nitrogen and oxygen atoms in total. The second-order valence-corrected chi connectivity index (χ2v) is 5.94. The molecule has 0 bridgehead atoms. The van der Waals surface area contributed by atoms with Crippen molar-refractivity contribution in [1.82, 2.24) is 4.90 Å². The highest BCUT2D eigenvalue weighted by Crippen LogP contribution is 2.18. The molecule has 2 rings (SSSR count). The van der Waals surface area contributed by atoms with E-state index in [0.29, 0.717) is 13.1 Å². The number of nitrogens with zero attached hydrogens (tertiary/aromatic N) is 1. The lowest BCUT2D eigenvalue weighted by atomic mass is 10.1. The number of hydrogen-bond donors (Lipinski definition) is 2. The van der Waals surface area contributed by atoms with Crippen LogP contribution in [-0.4, -0.2) is 29.0 Å². The summed E-state index contributed by atoms with van der Waals surface area (Å²) in [6.07, 6.45) is 1.94. The fourth-order valence-electron chi connectivity index (χ4n) is 2.64. The van der Waals surface area contributed by atoms with Crippen LogP contribution in [0.4, 0.5) is 5.69 Å². The molecule has 0 saturated carbocycles. The zero-order chi connectivity index (χ0) is 17.4. The highest BCUT2D eigenvalue weighted by molar-refractivity contribution is 5.92. The first-order valence-electron chi connectivity index (χ1n) is 8.50. The molecular formula is C20H26N2O2. The Kier molecular flexibility index (Phi) is 6.82. The van der Waals surface area contributed by atoms with Crippen LogP contribution in [0.5, 0.6) is 5.75 Å². The lowest BCUT2D eigenvalue weighted by Gasteiger charge is -2.21. The molecule has 0 aromatic heterocycles.